The molecule has 10 nitrogen and oxygen atoms in total. The summed E-state index contributed by atoms with van der Waals surface area (Å²) in [6, 6.07) is 14.9. The number of carboxylic acids is 1. The molecule has 2 N–H and O–H groups in total. The fourth-order valence-electron chi connectivity index (χ4n) is 6.88. The van der Waals surface area contributed by atoms with Crippen molar-refractivity contribution in [3.05, 3.63) is 81.9 Å². The summed E-state index contributed by atoms with van der Waals surface area (Å²) >= 11 is 0. The summed E-state index contributed by atoms with van der Waals surface area (Å²) in [5.41, 5.74) is 6.73. The number of carbonyl (C=O) groups excluding carboxylic acids is 1. The van der Waals surface area contributed by atoms with E-state index in [1.54, 1.807) is 7.11 Å². The van der Waals surface area contributed by atoms with Crippen molar-refractivity contribution in [1.29, 1.82) is 0 Å². The Morgan fingerprint density at radius 3 is 2.32 bits per heavy atom. The van der Waals surface area contributed by atoms with Gasteiger partial charge in [0.25, 0.3) is 0 Å². The lowest BCUT2D eigenvalue weighted by Crippen LogP contribution is -2.35. The van der Waals surface area contributed by atoms with E-state index in [1.165, 1.54) is 0 Å². The van der Waals surface area contributed by atoms with Gasteiger partial charge >= 0.3 is 5.97 Å². The predicted octanol–water partition coefficient (Wildman–Crippen LogP) is 5.68. The van der Waals surface area contributed by atoms with Crippen molar-refractivity contribution in [2.75, 3.05) is 58.7 Å². The fraction of sp³-hybridized carbons (Fsp3) is 0.459. The van der Waals surface area contributed by atoms with Gasteiger partial charge in [-0.3, -0.25) is 14.5 Å². The average molecular weight is 647 g/mol. The van der Waals surface area contributed by atoms with Crippen molar-refractivity contribution in [3.63, 3.8) is 0 Å². The molecule has 0 unspecified atom stereocenters. The van der Waals surface area contributed by atoms with Crippen molar-refractivity contribution in [3.8, 4) is 17.2 Å². The summed E-state index contributed by atoms with van der Waals surface area (Å²) < 4.78 is 27.6. The maximum absolute atomic E-state index is 13.8. The van der Waals surface area contributed by atoms with Gasteiger partial charge in [-0.15, -0.1) is 0 Å². The summed E-state index contributed by atoms with van der Waals surface area (Å²) in [5, 5.41) is 13.9. The van der Waals surface area contributed by atoms with Gasteiger partial charge < -0.3 is 34.1 Å². The number of anilines is 1. The number of hydrogen-bond acceptors (Lipinski definition) is 8. The van der Waals surface area contributed by atoms with E-state index in [4.69, 9.17) is 23.7 Å². The molecule has 0 aliphatic carbocycles. The maximum atomic E-state index is 13.8. The van der Waals surface area contributed by atoms with Crippen molar-refractivity contribution in [2.45, 2.75) is 52.5 Å². The number of aliphatic carboxylic acids is 1. The monoisotopic (exact) mass is 646 g/mol. The van der Waals surface area contributed by atoms with Crippen LogP contribution in [0.25, 0.3) is 0 Å². The minimum Gasteiger partial charge on any atom is -0.491 e. The minimum atomic E-state index is -0.923. The Labute approximate surface area is 276 Å². The van der Waals surface area contributed by atoms with E-state index in [1.807, 2.05) is 48.2 Å². The lowest BCUT2D eigenvalue weighted by Gasteiger charge is -2.27. The molecular formula is C37H46N2O8. The number of aryl methyl sites for hydroxylation is 3. The Morgan fingerprint density at radius 1 is 0.957 bits per heavy atom. The van der Waals surface area contributed by atoms with Crippen LogP contribution in [-0.4, -0.2) is 75.3 Å². The SMILES string of the molecule is CCc1cc(C)cc(CC)c1NC(=O)CN1C[C@H](c2ccc3c(c2C)OCO3)[C@@H](C(=O)O)[C@@H]1c1ccc(OCCOCCOC)cc1. The third-order valence-corrected chi connectivity index (χ3v) is 9.08. The number of ether oxygens (including phenoxy) is 5. The quantitative estimate of drug-likeness (QED) is 0.201. The first-order chi connectivity index (χ1) is 22.7. The molecule has 3 atom stereocenters. The highest BCUT2D eigenvalue weighted by atomic mass is 16.7. The van der Waals surface area contributed by atoms with Crippen LogP contribution >= 0.6 is 0 Å². The molecule has 5 rings (SSSR count). The maximum Gasteiger partial charge on any atom is 0.309 e. The minimum absolute atomic E-state index is 0.0335. The first kappa shape index (κ1) is 34.2. The van der Waals surface area contributed by atoms with Crippen LogP contribution in [0.4, 0.5) is 5.69 Å². The molecule has 2 aliphatic rings. The van der Waals surface area contributed by atoms with Crippen molar-refractivity contribution < 1.29 is 38.4 Å². The topological polar surface area (TPSA) is 116 Å². The Hall–Kier alpha value is -4.12. The first-order valence-electron chi connectivity index (χ1n) is 16.3. The number of benzene rings is 3. The lowest BCUT2D eigenvalue weighted by atomic mass is 9.81. The number of hydrogen-bond donors (Lipinski definition) is 2. The number of methoxy groups -OCH3 is 1. The summed E-state index contributed by atoms with van der Waals surface area (Å²) in [4.78, 5) is 28.9. The highest BCUT2D eigenvalue weighted by molar-refractivity contribution is 5.94. The molecule has 1 amide bonds. The van der Waals surface area contributed by atoms with Crippen LogP contribution in [0.1, 0.15) is 59.2 Å². The highest BCUT2D eigenvalue weighted by Crippen LogP contribution is 2.49. The Balaban J connectivity index is 1.43. The summed E-state index contributed by atoms with van der Waals surface area (Å²) in [7, 11) is 1.63. The second-order valence-corrected chi connectivity index (χ2v) is 12.1. The van der Waals surface area contributed by atoms with E-state index >= 15 is 0 Å². The fourth-order valence-corrected chi connectivity index (χ4v) is 6.88. The molecule has 1 saturated heterocycles. The second-order valence-electron chi connectivity index (χ2n) is 12.1. The number of amides is 1. The highest BCUT2D eigenvalue weighted by Gasteiger charge is 2.48. The molecule has 1 fully saturated rings. The van der Waals surface area contributed by atoms with E-state index < -0.39 is 23.8 Å². The Morgan fingerprint density at radius 2 is 1.66 bits per heavy atom. The smallest absolute Gasteiger partial charge is 0.309 e. The van der Waals surface area contributed by atoms with Crippen molar-refractivity contribution >= 4 is 17.6 Å². The van der Waals surface area contributed by atoms with Gasteiger partial charge in [0.05, 0.1) is 32.3 Å². The van der Waals surface area contributed by atoms with Crippen molar-refractivity contribution in [2.24, 2.45) is 5.92 Å². The molecule has 0 bridgehead atoms. The molecule has 2 aliphatic heterocycles. The number of rotatable bonds is 15. The molecule has 3 aromatic rings. The van der Waals surface area contributed by atoms with Gasteiger partial charge in [0.2, 0.25) is 12.7 Å². The number of likely N-dealkylation sites (tertiary alicyclic amines) is 1. The first-order valence-corrected chi connectivity index (χ1v) is 16.3. The van der Waals surface area contributed by atoms with Crippen LogP contribution in [0.3, 0.4) is 0 Å². The third kappa shape index (κ3) is 7.72. The normalized spacial score (nSPS) is 18.8. The van der Waals surface area contributed by atoms with Gasteiger partial charge in [0.1, 0.15) is 12.4 Å². The Bertz CT molecular complexity index is 1530. The summed E-state index contributed by atoms with van der Waals surface area (Å²) in [6.45, 7) is 10.5. The van der Waals surface area contributed by atoms with Gasteiger partial charge in [-0.2, -0.15) is 0 Å². The summed E-state index contributed by atoms with van der Waals surface area (Å²) in [6.07, 6.45) is 1.58. The summed E-state index contributed by atoms with van der Waals surface area (Å²) in [5.74, 6) is -0.361. The van der Waals surface area contributed by atoms with Gasteiger partial charge in [-0.1, -0.05) is 49.7 Å². The van der Waals surface area contributed by atoms with Gasteiger partial charge in [-0.05, 0) is 72.7 Å². The molecule has 0 spiro atoms. The molecule has 47 heavy (non-hydrogen) atoms. The molecule has 252 valence electrons. The lowest BCUT2D eigenvalue weighted by molar-refractivity contribution is -0.143. The van der Waals surface area contributed by atoms with Gasteiger partial charge in [0.15, 0.2) is 11.5 Å². The molecular weight excluding hydrogens is 600 g/mol. The van der Waals surface area contributed by atoms with Gasteiger partial charge in [-0.25, -0.2) is 0 Å². The zero-order chi connectivity index (χ0) is 33.5. The third-order valence-electron chi connectivity index (χ3n) is 9.08. The largest absolute Gasteiger partial charge is 0.491 e. The number of carbonyl (C=O) groups is 2. The van der Waals surface area contributed by atoms with E-state index in [0.29, 0.717) is 50.2 Å². The van der Waals surface area contributed by atoms with E-state index in [0.717, 1.165) is 51.9 Å². The number of nitrogens with zero attached hydrogens (tertiary/aromatic N) is 1. The van der Waals surface area contributed by atoms with Crippen LogP contribution in [-0.2, 0) is 31.9 Å². The Kier molecular flexibility index (Phi) is 11.4. The van der Waals surface area contributed by atoms with Crippen LogP contribution in [0, 0.1) is 19.8 Å². The number of fused-ring (bicyclic) bond motifs is 1. The molecule has 0 saturated carbocycles. The zero-order valence-electron chi connectivity index (χ0n) is 28.0. The molecule has 10 heteroatoms. The number of carboxylic acid groups (broad SMARTS) is 1. The van der Waals surface area contributed by atoms with Crippen LogP contribution in [0.5, 0.6) is 17.2 Å². The van der Waals surface area contributed by atoms with Crippen molar-refractivity contribution in [1.82, 2.24) is 4.90 Å². The average Bonchev–Trinajstić information content (AvgIpc) is 3.69. The molecule has 0 radical (unpaired) electrons. The van der Waals surface area contributed by atoms with Crippen LogP contribution in [0.15, 0.2) is 48.5 Å². The molecule has 3 aromatic carbocycles. The standard InChI is InChI=1S/C37H46N2O8/c1-6-25-18-23(3)19-26(7-2)34(25)38-32(40)21-39-20-30(29-12-13-31-36(24(29)4)47-22-46-31)33(37(41)42)35(39)27-8-10-28(11-9-27)45-17-16-44-15-14-43-5/h8-13,18-19,30,33,35H,6-7,14-17,20-22H2,1-5H3,(H,38,40)(H,41,42)/t30-,33-,35+/m1/s1. The zero-order valence-corrected chi connectivity index (χ0v) is 28.0. The van der Waals surface area contributed by atoms with E-state index in [2.05, 4.69) is 38.2 Å². The van der Waals surface area contributed by atoms with Gasteiger partial charge in [0, 0.05) is 31.3 Å². The van der Waals surface area contributed by atoms with Crippen LogP contribution < -0.4 is 19.5 Å². The molecule has 0 aromatic heterocycles. The van der Waals surface area contributed by atoms with E-state index in [9.17, 15) is 14.7 Å². The number of nitrogens with one attached hydrogen (secondary N) is 1. The predicted molar refractivity (Wildman–Crippen MR) is 179 cm³/mol. The molecule has 2 heterocycles. The van der Waals surface area contributed by atoms with Crippen LogP contribution in [0.2, 0.25) is 0 Å². The van der Waals surface area contributed by atoms with E-state index in [-0.39, 0.29) is 19.2 Å². The second kappa shape index (κ2) is 15.6.